The van der Waals surface area contributed by atoms with Crippen LogP contribution in [-0.2, 0) is 17.9 Å². The average Bonchev–Trinajstić information content (AvgIpc) is 3.24. The molecule has 6 nitrogen and oxygen atoms in total. The van der Waals surface area contributed by atoms with Crippen molar-refractivity contribution in [2.45, 2.75) is 20.0 Å². The number of carbonyl (C=O) groups is 1. The van der Waals surface area contributed by atoms with Crippen molar-refractivity contribution in [1.29, 1.82) is 0 Å². The molecule has 0 aliphatic carbocycles. The van der Waals surface area contributed by atoms with Gasteiger partial charge in [-0.3, -0.25) is 14.2 Å². The van der Waals surface area contributed by atoms with Gasteiger partial charge in [-0.1, -0.05) is 28.1 Å². The molecule has 0 saturated carbocycles. The maximum absolute atomic E-state index is 12.0. The van der Waals surface area contributed by atoms with Crippen LogP contribution in [0, 0.1) is 0 Å². The van der Waals surface area contributed by atoms with Crippen LogP contribution in [0.1, 0.15) is 18.1 Å². The quantitative estimate of drug-likeness (QED) is 0.644. The summed E-state index contributed by atoms with van der Waals surface area (Å²) in [4.78, 5) is 12.0. The molecule has 1 N–H and O–H groups in total. The van der Waals surface area contributed by atoms with Gasteiger partial charge in [0.1, 0.15) is 0 Å². The molecule has 2 aromatic heterocycles. The minimum absolute atomic E-state index is 0.201. The van der Waals surface area contributed by atoms with E-state index < -0.39 is 0 Å². The van der Waals surface area contributed by atoms with Gasteiger partial charge >= 0.3 is 0 Å². The number of aromatic nitrogens is 4. The summed E-state index contributed by atoms with van der Waals surface area (Å²) in [6.45, 7) is 3.46. The van der Waals surface area contributed by atoms with Crippen molar-refractivity contribution in [3.05, 3.63) is 70.7 Å². The number of hydrogen-bond donors (Lipinski definition) is 1. The molecule has 0 aliphatic heterocycles. The predicted molar refractivity (Wildman–Crippen MR) is 101 cm³/mol. The summed E-state index contributed by atoms with van der Waals surface area (Å²) in [6.07, 6.45) is 10.3. The molecule has 128 valence electrons. The van der Waals surface area contributed by atoms with Crippen LogP contribution in [0.5, 0.6) is 0 Å². The second-order valence-electron chi connectivity index (χ2n) is 5.51. The van der Waals surface area contributed by atoms with E-state index in [9.17, 15) is 4.79 Å². The Labute approximate surface area is 154 Å². The molecule has 0 aliphatic rings. The zero-order valence-corrected chi connectivity index (χ0v) is 15.3. The monoisotopic (exact) mass is 399 g/mol. The van der Waals surface area contributed by atoms with Gasteiger partial charge in [-0.15, -0.1) is 0 Å². The normalized spacial score (nSPS) is 11.1. The molecule has 0 atom stereocenters. The van der Waals surface area contributed by atoms with Gasteiger partial charge in [-0.2, -0.15) is 10.2 Å². The van der Waals surface area contributed by atoms with Crippen LogP contribution in [0.15, 0.2) is 59.6 Å². The van der Waals surface area contributed by atoms with Crippen LogP contribution in [0.3, 0.4) is 0 Å². The zero-order valence-electron chi connectivity index (χ0n) is 13.8. The van der Waals surface area contributed by atoms with E-state index in [1.54, 1.807) is 23.2 Å². The molecular formula is C18H18BrN5O. The first-order chi connectivity index (χ1) is 12.1. The van der Waals surface area contributed by atoms with E-state index in [2.05, 4.69) is 31.4 Å². The number of carbonyl (C=O) groups excluding carboxylic acids is 1. The zero-order chi connectivity index (χ0) is 17.6. The minimum Gasteiger partial charge on any atom is -0.320 e. The van der Waals surface area contributed by atoms with Gasteiger partial charge in [0.05, 0.1) is 24.6 Å². The van der Waals surface area contributed by atoms with Crippen LogP contribution in [0.2, 0.25) is 0 Å². The Morgan fingerprint density at radius 1 is 1.16 bits per heavy atom. The van der Waals surface area contributed by atoms with Crippen molar-refractivity contribution in [3.63, 3.8) is 0 Å². The van der Waals surface area contributed by atoms with E-state index in [1.165, 1.54) is 6.08 Å². The summed E-state index contributed by atoms with van der Waals surface area (Å²) in [7, 11) is 0. The van der Waals surface area contributed by atoms with Gasteiger partial charge in [-0.05, 0) is 30.7 Å². The van der Waals surface area contributed by atoms with E-state index in [1.807, 2.05) is 48.3 Å². The van der Waals surface area contributed by atoms with Crippen molar-refractivity contribution < 1.29 is 4.79 Å². The third-order valence-corrected chi connectivity index (χ3v) is 4.09. The second kappa shape index (κ2) is 7.94. The van der Waals surface area contributed by atoms with E-state index >= 15 is 0 Å². The molecule has 0 fully saturated rings. The summed E-state index contributed by atoms with van der Waals surface area (Å²) in [5, 5.41) is 11.2. The topological polar surface area (TPSA) is 64.7 Å². The van der Waals surface area contributed by atoms with Gasteiger partial charge in [-0.25, -0.2) is 0 Å². The number of halogens is 1. The first-order valence-corrected chi connectivity index (χ1v) is 8.70. The number of anilines is 1. The molecule has 0 bridgehead atoms. The number of nitrogens with zero attached hydrogens (tertiary/aromatic N) is 4. The predicted octanol–water partition coefficient (Wildman–Crippen LogP) is 3.56. The Morgan fingerprint density at radius 2 is 1.92 bits per heavy atom. The maximum atomic E-state index is 12.0. The van der Waals surface area contributed by atoms with Gasteiger partial charge in [0.25, 0.3) is 0 Å². The number of aryl methyl sites for hydroxylation is 1. The molecule has 0 radical (unpaired) electrons. The second-order valence-corrected chi connectivity index (χ2v) is 6.42. The molecule has 1 aromatic carbocycles. The maximum Gasteiger partial charge on any atom is 0.248 e. The lowest BCUT2D eigenvalue weighted by Crippen LogP contribution is -2.07. The molecule has 7 heteroatoms. The van der Waals surface area contributed by atoms with Crippen LogP contribution in [-0.4, -0.2) is 25.5 Å². The average molecular weight is 400 g/mol. The molecule has 2 heterocycles. The molecule has 3 aromatic rings. The third-order valence-electron chi connectivity index (χ3n) is 3.56. The Hall–Kier alpha value is -2.67. The van der Waals surface area contributed by atoms with Crippen molar-refractivity contribution >= 4 is 33.6 Å². The van der Waals surface area contributed by atoms with Crippen LogP contribution in [0.25, 0.3) is 6.08 Å². The van der Waals surface area contributed by atoms with Crippen molar-refractivity contribution in [1.82, 2.24) is 19.6 Å². The summed E-state index contributed by atoms with van der Waals surface area (Å²) >= 11 is 3.42. The Bertz CT molecular complexity index is 879. The first kappa shape index (κ1) is 17.2. The first-order valence-electron chi connectivity index (χ1n) is 7.91. The van der Waals surface area contributed by atoms with Crippen LogP contribution in [0.4, 0.5) is 5.69 Å². The summed E-state index contributed by atoms with van der Waals surface area (Å²) in [5.74, 6) is -0.201. The van der Waals surface area contributed by atoms with E-state index in [-0.39, 0.29) is 5.91 Å². The lowest BCUT2D eigenvalue weighted by molar-refractivity contribution is -0.111. The summed E-state index contributed by atoms with van der Waals surface area (Å²) in [6, 6.07) is 8.05. The SMILES string of the molecule is CCn1cc(/C=C/C(=O)Nc2cnn(Cc3ccc(Br)cc3)c2)cn1. The number of amides is 1. The lowest BCUT2D eigenvalue weighted by atomic mass is 10.2. The molecule has 0 spiro atoms. The van der Waals surface area contributed by atoms with Crippen molar-refractivity contribution in [2.75, 3.05) is 5.32 Å². The number of hydrogen-bond acceptors (Lipinski definition) is 3. The number of rotatable bonds is 6. The fourth-order valence-electron chi connectivity index (χ4n) is 2.29. The van der Waals surface area contributed by atoms with Crippen LogP contribution >= 0.6 is 15.9 Å². The van der Waals surface area contributed by atoms with E-state index in [0.29, 0.717) is 12.2 Å². The number of benzene rings is 1. The standard InChI is InChI=1S/C18H18BrN5O/c1-2-23-12-15(9-20-23)5-8-18(25)22-17-10-21-24(13-17)11-14-3-6-16(19)7-4-14/h3-10,12-13H,2,11H2,1H3,(H,22,25)/b8-5+. The fourth-order valence-corrected chi connectivity index (χ4v) is 2.55. The molecule has 1 amide bonds. The van der Waals surface area contributed by atoms with Crippen molar-refractivity contribution in [3.8, 4) is 0 Å². The van der Waals surface area contributed by atoms with Gasteiger partial charge in [0.15, 0.2) is 0 Å². The van der Waals surface area contributed by atoms with Crippen LogP contribution < -0.4 is 5.32 Å². The highest BCUT2D eigenvalue weighted by Gasteiger charge is 2.03. The molecule has 25 heavy (non-hydrogen) atoms. The molecule has 3 rings (SSSR count). The lowest BCUT2D eigenvalue weighted by Gasteiger charge is -2.02. The van der Waals surface area contributed by atoms with Gasteiger partial charge < -0.3 is 5.32 Å². The molecule has 0 saturated heterocycles. The largest absolute Gasteiger partial charge is 0.320 e. The fraction of sp³-hybridized carbons (Fsp3) is 0.167. The van der Waals surface area contributed by atoms with E-state index in [4.69, 9.17) is 0 Å². The van der Waals surface area contributed by atoms with Crippen molar-refractivity contribution in [2.24, 2.45) is 0 Å². The summed E-state index contributed by atoms with van der Waals surface area (Å²) in [5.41, 5.74) is 2.69. The van der Waals surface area contributed by atoms with Gasteiger partial charge in [0, 0.05) is 35.1 Å². The molecular weight excluding hydrogens is 382 g/mol. The highest BCUT2D eigenvalue weighted by atomic mass is 79.9. The molecule has 0 unspecified atom stereocenters. The Balaban J connectivity index is 1.56. The Morgan fingerprint density at radius 3 is 2.64 bits per heavy atom. The highest BCUT2D eigenvalue weighted by molar-refractivity contribution is 9.10. The van der Waals surface area contributed by atoms with Gasteiger partial charge in [0.2, 0.25) is 5.91 Å². The smallest absolute Gasteiger partial charge is 0.248 e. The highest BCUT2D eigenvalue weighted by Crippen LogP contribution is 2.13. The summed E-state index contributed by atoms with van der Waals surface area (Å²) < 4.78 is 4.64. The minimum atomic E-state index is -0.201. The van der Waals surface area contributed by atoms with E-state index in [0.717, 1.165) is 22.1 Å². The number of nitrogens with one attached hydrogen (secondary N) is 1. The Kier molecular flexibility index (Phi) is 5.45. The third kappa shape index (κ3) is 4.90.